The third-order valence-corrected chi connectivity index (χ3v) is 3.11. The van der Waals surface area contributed by atoms with Gasteiger partial charge in [-0.2, -0.15) is 0 Å². The molecule has 0 aliphatic rings. The van der Waals surface area contributed by atoms with Gasteiger partial charge in [-0.1, -0.05) is 48.5 Å². The first-order chi connectivity index (χ1) is 8.34. The minimum absolute atomic E-state index is 0.922. The smallest absolute Gasteiger partial charge is 0.137 e. The SMILES string of the molecule is Cc1coc2c(Cc3ccccc3)cccc12. The molecule has 0 aliphatic heterocycles. The van der Waals surface area contributed by atoms with Gasteiger partial charge >= 0.3 is 0 Å². The third-order valence-electron chi connectivity index (χ3n) is 3.11. The lowest BCUT2D eigenvalue weighted by Gasteiger charge is -2.02. The summed E-state index contributed by atoms with van der Waals surface area (Å²) in [5, 5.41) is 1.22. The molecule has 0 saturated heterocycles. The van der Waals surface area contributed by atoms with E-state index < -0.39 is 0 Å². The monoisotopic (exact) mass is 222 g/mol. The molecule has 0 unspecified atom stereocenters. The van der Waals surface area contributed by atoms with Gasteiger partial charge in [-0.25, -0.2) is 0 Å². The molecule has 1 heterocycles. The summed E-state index contributed by atoms with van der Waals surface area (Å²) in [6.07, 6.45) is 2.75. The Morgan fingerprint density at radius 3 is 2.59 bits per heavy atom. The van der Waals surface area contributed by atoms with E-state index in [4.69, 9.17) is 4.42 Å². The number of hydrogen-bond acceptors (Lipinski definition) is 1. The largest absolute Gasteiger partial charge is 0.464 e. The van der Waals surface area contributed by atoms with Crippen LogP contribution >= 0.6 is 0 Å². The molecule has 0 bridgehead atoms. The van der Waals surface area contributed by atoms with E-state index in [1.165, 1.54) is 22.1 Å². The third kappa shape index (κ3) is 1.84. The summed E-state index contributed by atoms with van der Waals surface area (Å²) in [7, 11) is 0. The van der Waals surface area contributed by atoms with Gasteiger partial charge in [-0.3, -0.25) is 0 Å². The Labute approximate surface area is 101 Å². The highest BCUT2D eigenvalue weighted by Gasteiger charge is 2.07. The molecule has 0 N–H and O–H groups in total. The van der Waals surface area contributed by atoms with Crippen molar-refractivity contribution in [3.63, 3.8) is 0 Å². The second kappa shape index (κ2) is 4.10. The lowest BCUT2D eigenvalue weighted by atomic mass is 10.0. The maximum Gasteiger partial charge on any atom is 0.137 e. The maximum atomic E-state index is 5.65. The second-order valence-corrected chi connectivity index (χ2v) is 4.37. The highest BCUT2D eigenvalue weighted by molar-refractivity contribution is 5.83. The van der Waals surface area contributed by atoms with E-state index >= 15 is 0 Å². The van der Waals surface area contributed by atoms with Crippen LogP contribution in [0.15, 0.2) is 59.2 Å². The minimum Gasteiger partial charge on any atom is -0.464 e. The molecule has 84 valence electrons. The fourth-order valence-electron chi connectivity index (χ4n) is 2.20. The topological polar surface area (TPSA) is 13.1 Å². The fourth-order valence-corrected chi connectivity index (χ4v) is 2.20. The highest BCUT2D eigenvalue weighted by atomic mass is 16.3. The summed E-state index contributed by atoms with van der Waals surface area (Å²) in [4.78, 5) is 0. The molecule has 0 fully saturated rings. The average molecular weight is 222 g/mol. The molecule has 17 heavy (non-hydrogen) atoms. The molecular weight excluding hydrogens is 208 g/mol. The van der Waals surface area contributed by atoms with Crippen molar-refractivity contribution in [1.29, 1.82) is 0 Å². The lowest BCUT2D eigenvalue weighted by molar-refractivity contribution is 0.609. The first kappa shape index (κ1) is 10.2. The Balaban J connectivity index is 2.06. The first-order valence-corrected chi connectivity index (χ1v) is 5.84. The van der Waals surface area contributed by atoms with Gasteiger partial charge < -0.3 is 4.42 Å². The standard InChI is InChI=1S/C16H14O/c1-12-11-17-16-14(8-5-9-15(12)16)10-13-6-3-2-4-7-13/h2-9,11H,10H2,1H3. The zero-order valence-electron chi connectivity index (χ0n) is 9.81. The van der Waals surface area contributed by atoms with Crippen molar-refractivity contribution in [1.82, 2.24) is 0 Å². The number of rotatable bonds is 2. The number of benzene rings is 2. The van der Waals surface area contributed by atoms with Crippen molar-refractivity contribution in [3.8, 4) is 0 Å². The van der Waals surface area contributed by atoms with E-state index in [1.807, 2.05) is 12.3 Å². The molecule has 0 spiro atoms. The van der Waals surface area contributed by atoms with Crippen LogP contribution in [0.1, 0.15) is 16.7 Å². The molecule has 3 rings (SSSR count). The molecular formula is C16H14O. The number of furan rings is 1. The molecule has 0 saturated carbocycles. The van der Waals surface area contributed by atoms with E-state index in [1.54, 1.807) is 0 Å². The zero-order chi connectivity index (χ0) is 11.7. The normalized spacial score (nSPS) is 10.9. The van der Waals surface area contributed by atoms with E-state index in [2.05, 4.69) is 49.4 Å². The quantitative estimate of drug-likeness (QED) is 0.629. The van der Waals surface area contributed by atoms with Crippen molar-refractivity contribution < 1.29 is 4.42 Å². The van der Waals surface area contributed by atoms with Gasteiger partial charge in [0.2, 0.25) is 0 Å². The molecule has 0 amide bonds. The van der Waals surface area contributed by atoms with E-state index in [0.29, 0.717) is 0 Å². The van der Waals surface area contributed by atoms with Crippen LogP contribution in [0.4, 0.5) is 0 Å². The Morgan fingerprint density at radius 1 is 0.941 bits per heavy atom. The Hall–Kier alpha value is -2.02. The van der Waals surface area contributed by atoms with Crippen LogP contribution in [0.25, 0.3) is 11.0 Å². The average Bonchev–Trinajstić information content (AvgIpc) is 2.74. The van der Waals surface area contributed by atoms with Crippen molar-refractivity contribution >= 4 is 11.0 Å². The van der Waals surface area contributed by atoms with Gasteiger partial charge in [-0.15, -0.1) is 0 Å². The first-order valence-electron chi connectivity index (χ1n) is 5.84. The number of fused-ring (bicyclic) bond motifs is 1. The zero-order valence-corrected chi connectivity index (χ0v) is 9.81. The van der Waals surface area contributed by atoms with Crippen molar-refractivity contribution in [2.75, 3.05) is 0 Å². The number of aryl methyl sites for hydroxylation is 1. The predicted octanol–water partition coefficient (Wildman–Crippen LogP) is 4.33. The molecule has 0 atom stereocenters. The van der Waals surface area contributed by atoms with Gasteiger partial charge in [0.1, 0.15) is 5.58 Å². The molecule has 1 aromatic heterocycles. The van der Waals surface area contributed by atoms with Gasteiger partial charge in [0.15, 0.2) is 0 Å². The van der Waals surface area contributed by atoms with Crippen LogP contribution in [0.2, 0.25) is 0 Å². The van der Waals surface area contributed by atoms with Crippen molar-refractivity contribution in [3.05, 3.63) is 71.5 Å². The Kier molecular flexibility index (Phi) is 2.45. The molecule has 1 nitrogen and oxygen atoms in total. The van der Waals surface area contributed by atoms with Gasteiger partial charge in [-0.05, 0) is 23.6 Å². The maximum absolute atomic E-state index is 5.65. The van der Waals surface area contributed by atoms with Crippen LogP contribution in [-0.2, 0) is 6.42 Å². The minimum atomic E-state index is 0.922. The molecule has 1 heteroatoms. The summed E-state index contributed by atoms with van der Waals surface area (Å²) in [6, 6.07) is 16.8. The Morgan fingerprint density at radius 2 is 1.76 bits per heavy atom. The van der Waals surface area contributed by atoms with E-state index in [9.17, 15) is 0 Å². The summed E-state index contributed by atoms with van der Waals surface area (Å²) in [5.74, 6) is 0. The summed E-state index contributed by atoms with van der Waals surface area (Å²) in [6.45, 7) is 2.08. The van der Waals surface area contributed by atoms with Gasteiger partial charge in [0.25, 0.3) is 0 Å². The number of para-hydroxylation sites is 1. The van der Waals surface area contributed by atoms with Crippen molar-refractivity contribution in [2.24, 2.45) is 0 Å². The molecule has 3 aromatic rings. The highest BCUT2D eigenvalue weighted by Crippen LogP contribution is 2.25. The lowest BCUT2D eigenvalue weighted by Crippen LogP contribution is -1.88. The van der Waals surface area contributed by atoms with Crippen LogP contribution < -0.4 is 0 Å². The molecule has 0 aliphatic carbocycles. The predicted molar refractivity (Wildman–Crippen MR) is 70.2 cm³/mol. The molecule has 2 aromatic carbocycles. The van der Waals surface area contributed by atoms with Crippen LogP contribution in [0.5, 0.6) is 0 Å². The fraction of sp³-hybridized carbons (Fsp3) is 0.125. The van der Waals surface area contributed by atoms with Crippen LogP contribution in [-0.4, -0.2) is 0 Å². The van der Waals surface area contributed by atoms with Crippen LogP contribution in [0.3, 0.4) is 0 Å². The number of hydrogen-bond donors (Lipinski definition) is 0. The summed E-state index contributed by atoms with van der Waals surface area (Å²) >= 11 is 0. The van der Waals surface area contributed by atoms with Crippen molar-refractivity contribution in [2.45, 2.75) is 13.3 Å². The van der Waals surface area contributed by atoms with E-state index in [-0.39, 0.29) is 0 Å². The van der Waals surface area contributed by atoms with Crippen LogP contribution in [0, 0.1) is 6.92 Å². The van der Waals surface area contributed by atoms with Gasteiger partial charge in [0, 0.05) is 11.8 Å². The summed E-state index contributed by atoms with van der Waals surface area (Å²) in [5.41, 5.74) is 4.79. The van der Waals surface area contributed by atoms with Gasteiger partial charge in [0.05, 0.1) is 6.26 Å². The summed E-state index contributed by atoms with van der Waals surface area (Å²) < 4.78 is 5.65. The second-order valence-electron chi connectivity index (χ2n) is 4.37. The van der Waals surface area contributed by atoms with E-state index in [0.717, 1.165) is 12.0 Å². The molecule has 0 radical (unpaired) electrons. The Bertz CT molecular complexity index is 635.